The Morgan fingerprint density at radius 3 is 2.50 bits per heavy atom. The van der Waals surface area contributed by atoms with Crippen molar-refractivity contribution in [1.82, 2.24) is 9.78 Å². The van der Waals surface area contributed by atoms with Crippen molar-refractivity contribution < 1.29 is 27.1 Å². The molecule has 0 fully saturated rings. The zero-order valence-electron chi connectivity index (χ0n) is 14.4. The Kier molecular flexibility index (Phi) is 5.45. The van der Waals surface area contributed by atoms with Gasteiger partial charge in [-0.3, -0.25) is 9.48 Å². The first kappa shape index (κ1) is 19.6. The number of nitrogens with zero attached hydrogens (tertiary/aromatic N) is 2. The van der Waals surface area contributed by atoms with E-state index < -0.39 is 34.0 Å². The molecule has 0 saturated carbocycles. The first-order valence-electron chi connectivity index (χ1n) is 7.45. The highest BCUT2D eigenvalue weighted by molar-refractivity contribution is 7.89. The molecular formula is C16H18FN3O5S. The number of esters is 1. The second-order valence-corrected chi connectivity index (χ2v) is 7.99. The number of hydrogen-bond donors (Lipinski definition) is 1. The predicted octanol–water partition coefficient (Wildman–Crippen LogP) is 1.03. The van der Waals surface area contributed by atoms with Gasteiger partial charge in [-0.1, -0.05) is 6.07 Å². The van der Waals surface area contributed by atoms with E-state index in [1.54, 1.807) is 14.0 Å². The SMILES string of the molecule is Cc1nn(C)c(N)c1C(=O)OCC(=O)c1ccc(CS(C)(=O)=O)cc1F. The van der Waals surface area contributed by atoms with E-state index in [1.165, 1.54) is 10.7 Å². The van der Waals surface area contributed by atoms with Crippen LogP contribution in [0.1, 0.15) is 32.0 Å². The fourth-order valence-electron chi connectivity index (χ4n) is 2.39. The zero-order valence-corrected chi connectivity index (χ0v) is 15.3. The van der Waals surface area contributed by atoms with Crippen LogP contribution in [0.5, 0.6) is 0 Å². The van der Waals surface area contributed by atoms with Crippen LogP contribution in [0.25, 0.3) is 0 Å². The van der Waals surface area contributed by atoms with Crippen molar-refractivity contribution in [3.05, 3.63) is 46.4 Å². The molecule has 0 bridgehead atoms. The number of nitrogens with two attached hydrogens (primary N) is 1. The van der Waals surface area contributed by atoms with Gasteiger partial charge in [-0.2, -0.15) is 5.10 Å². The predicted molar refractivity (Wildman–Crippen MR) is 91.9 cm³/mol. The number of hydrogen-bond acceptors (Lipinski definition) is 7. The summed E-state index contributed by atoms with van der Waals surface area (Å²) < 4.78 is 42.7. The topological polar surface area (TPSA) is 121 Å². The number of Topliss-reactive ketones (excluding diaryl/α,β-unsaturated/α-hetero) is 1. The van der Waals surface area contributed by atoms with Gasteiger partial charge < -0.3 is 10.5 Å². The maximum Gasteiger partial charge on any atom is 0.344 e. The van der Waals surface area contributed by atoms with Crippen LogP contribution in [0.3, 0.4) is 0 Å². The van der Waals surface area contributed by atoms with Gasteiger partial charge >= 0.3 is 5.97 Å². The number of rotatable bonds is 6. The Morgan fingerprint density at radius 1 is 1.35 bits per heavy atom. The largest absolute Gasteiger partial charge is 0.454 e. The zero-order chi connectivity index (χ0) is 19.6. The molecule has 10 heteroatoms. The second kappa shape index (κ2) is 7.24. The van der Waals surface area contributed by atoms with Gasteiger partial charge in [-0.15, -0.1) is 0 Å². The molecule has 1 aromatic carbocycles. The molecule has 26 heavy (non-hydrogen) atoms. The van der Waals surface area contributed by atoms with Crippen molar-refractivity contribution in [3.8, 4) is 0 Å². The Labute approximate surface area is 149 Å². The number of anilines is 1. The summed E-state index contributed by atoms with van der Waals surface area (Å²) in [6.07, 6.45) is 1.02. The molecule has 2 rings (SSSR count). The van der Waals surface area contributed by atoms with Crippen LogP contribution in [0.15, 0.2) is 18.2 Å². The smallest absolute Gasteiger partial charge is 0.344 e. The molecule has 0 aliphatic carbocycles. The number of halogens is 1. The lowest BCUT2D eigenvalue weighted by atomic mass is 10.1. The highest BCUT2D eigenvalue weighted by atomic mass is 32.2. The minimum atomic E-state index is -3.33. The van der Waals surface area contributed by atoms with Crippen LogP contribution < -0.4 is 5.73 Å². The van der Waals surface area contributed by atoms with Gasteiger partial charge in [-0.25, -0.2) is 17.6 Å². The van der Waals surface area contributed by atoms with Crippen molar-refractivity contribution in [1.29, 1.82) is 0 Å². The maximum atomic E-state index is 14.1. The van der Waals surface area contributed by atoms with E-state index in [0.29, 0.717) is 5.69 Å². The molecule has 2 aromatic rings. The Hall–Kier alpha value is -2.75. The van der Waals surface area contributed by atoms with Crippen molar-refractivity contribution >= 4 is 27.4 Å². The number of benzene rings is 1. The van der Waals surface area contributed by atoms with Gasteiger partial charge in [0.05, 0.1) is 17.0 Å². The third-order valence-corrected chi connectivity index (χ3v) is 4.43. The molecular weight excluding hydrogens is 365 g/mol. The summed E-state index contributed by atoms with van der Waals surface area (Å²) in [5, 5.41) is 3.97. The molecule has 0 unspecified atom stereocenters. The number of aromatic nitrogens is 2. The Morgan fingerprint density at radius 2 is 2.00 bits per heavy atom. The number of aryl methyl sites for hydroxylation is 2. The van der Waals surface area contributed by atoms with Crippen LogP contribution in [-0.4, -0.2) is 42.8 Å². The molecule has 1 aromatic heterocycles. The third kappa shape index (κ3) is 4.45. The van der Waals surface area contributed by atoms with Crippen molar-refractivity contribution in [2.24, 2.45) is 7.05 Å². The van der Waals surface area contributed by atoms with Crippen molar-refractivity contribution in [3.63, 3.8) is 0 Å². The quantitative estimate of drug-likeness (QED) is 0.584. The van der Waals surface area contributed by atoms with Crippen LogP contribution in [0, 0.1) is 12.7 Å². The monoisotopic (exact) mass is 383 g/mol. The number of carbonyl (C=O) groups excluding carboxylic acids is 2. The molecule has 0 radical (unpaired) electrons. The van der Waals surface area contributed by atoms with E-state index in [-0.39, 0.29) is 28.3 Å². The normalized spacial score (nSPS) is 11.4. The molecule has 140 valence electrons. The lowest BCUT2D eigenvalue weighted by Gasteiger charge is -2.07. The van der Waals surface area contributed by atoms with Crippen LogP contribution in [-0.2, 0) is 27.4 Å². The molecule has 0 aliphatic heterocycles. The molecule has 1 heterocycles. The molecule has 0 amide bonds. The third-order valence-electron chi connectivity index (χ3n) is 3.57. The van der Waals surface area contributed by atoms with E-state index in [1.807, 2.05) is 0 Å². The fourth-order valence-corrected chi connectivity index (χ4v) is 3.17. The first-order chi connectivity index (χ1) is 12.0. The van der Waals surface area contributed by atoms with Gasteiger partial charge in [0.15, 0.2) is 16.4 Å². The maximum absolute atomic E-state index is 14.1. The highest BCUT2D eigenvalue weighted by Crippen LogP contribution is 2.17. The summed E-state index contributed by atoms with van der Waals surface area (Å²) in [4.78, 5) is 24.1. The molecule has 8 nitrogen and oxygen atoms in total. The fraction of sp³-hybridized carbons (Fsp3) is 0.312. The summed E-state index contributed by atoms with van der Waals surface area (Å²) in [6, 6.07) is 3.47. The van der Waals surface area contributed by atoms with Crippen molar-refractivity contribution in [2.45, 2.75) is 12.7 Å². The Bertz CT molecular complexity index is 982. The van der Waals surface area contributed by atoms with Gasteiger partial charge in [0.1, 0.15) is 17.2 Å². The highest BCUT2D eigenvalue weighted by Gasteiger charge is 2.22. The lowest BCUT2D eigenvalue weighted by Crippen LogP contribution is -2.17. The van der Waals surface area contributed by atoms with E-state index >= 15 is 0 Å². The minimum Gasteiger partial charge on any atom is -0.454 e. The van der Waals surface area contributed by atoms with Gasteiger partial charge in [0.2, 0.25) is 5.78 Å². The molecule has 2 N–H and O–H groups in total. The minimum absolute atomic E-state index is 0.0456. The number of carbonyl (C=O) groups is 2. The number of ketones is 1. The standard InChI is InChI=1S/C16H18FN3O5S/c1-9-14(15(18)20(2)19-9)16(22)25-7-13(21)11-5-4-10(6-12(11)17)8-26(3,23)24/h4-6H,7-8,18H2,1-3H3. The van der Waals surface area contributed by atoms with Crippen molar-refractivity contribution in [2.75, 3.05) is 18.6 Å². The number of ether oxygens (including phenoxy) is 1. The van der Waals surface area contributed by atoms with E-state index in [4.69, 9.17) is 10.5 Å². The van der Waals surface area contributed by atoms with Gasteiger partial charge in [0, 0.05) is 13.3 Å². The van der Waals surface area contributed by atoms with Crippen LogP contribution in [0.4, 0.5) is 10.2 Å². The Balaban J connectivity index is 2.09. The van der Waals surface area contributed by atoms with Crippen LogP contribution in [0.2, 0.25) is 0 Å². The summed E-state index contributed by atoms with van der Waals surface area (Å²) >= 11 is 0. The van der Waals surface area contributed by atoms with Gasteiger partial charge in [0.25, 0.3) is 0 Å². The van der Waals surface area contributed by atoms with Gasteiger partial charge in [-0.05, 0) is 24.6 Å². The number of sulfone groups is 1. The second-order valence-electron chi connectivity index (χ2n) is 5.85. The molecule has 0 aliphatic rings. The summed E-state index contributed by atoms with van der Waals surface area (Å²) in [5.41, 5.74) is 6.03. The van der Waals surface area contributed by atoms with E-state index in [9.17, 15) is 22.4 Å². The molecule has 0 saturated heterocycles. The average Bonchev–Trinajstić information content (AvgIpc) is 2.76. The van der Waals surface area contributed by atoms with E-state index in [0.717, 1.165) is 18.4 Å². The average molecular weight is 383 g/mol. The van der Waals surface area contributed by atoms with E-state index in [2.05, 4.69) is 5.10 Å². The molecule has 0 atom stereocenters. The van der Waals surface area contributed by atoms with Crippen LogP contribution >= 0.6 is 0 Å². The summed E-state index contributed by atoms with van der Waals surface area (Å²) in [5.74, 6) is -2.73. The molecule has 0 spiro atoms. The summed E-state index contributed by atoms with van der Waals surface area (Å²) in [6.45, 7) is 0.879. The first-order valence-corrected chi connectivity index (χ1v) is 9.51. The summed E-state index contributed by atoms with van der Waals surface area (Å²) in [7, 11) is -1.77. The number of nitrogen functional groups attached to an aromatic ring is 1. The lowest BCUT2D eigenvalue weighted by molar-refractivity contribution is 0.0473.